The number of benzene rings is 2. The zero-order chi connectivity index (χ0) is 24.4. The third kappa shape index (κ3) is 4.83. The number of likely N-dealkylation sites (N-methyl/N-ethyl adjacent to an activating group) is 1. The van der Waals surface area contributed by atoms with Gasteiger partial charge in [-0.05, 0) is 55.8 Å². The highest BCUT2D eigenvalue weighted by Crippen LogP contribution is 2.27. The first kappa shape index (κ1) is 23.9. The minimum absolute atomic E-state index is 0.0483. The van der Waals surface area contributed by atoms with Gasteiger partial charge < -0.3 is 15.0 Å². The summed E-state index contributed by atoms with van der Waals surface area (Å²) in [6.45, 7) is 2.98. The number of pyridine rings is 1. The van der Waals surface area contributed by atoms with Crippen molar-refractivity contribution in [2.45, 2.75) is 26.5 Å². The maximum absolute atomic E-state index is 13.9. The summed E-state index contributed by atoms with van der Waals surface area (Å²) in [6.07, 6.45) is 0.685. The summed E-state index contributed by atoms with van der Waals surface area (Å²) in [7, 11) is 1.74. The molecular formula is C25H24ClF2N3O3. The lowest BCUT2D eigenvalue weighted by Gasteiger charge is -2.29. The van der Waals surface area contributed by atoms with Crippen LogP contribution in [0.15, 0.2) is 47.3 Å². The van der Waals surface area contributed by atoms with E-state index in [0.29, 0.717) is 37.4 Å². The van der Waals surface area contributed by atoms with Crippen LogP contribution in [0.25, 0.3) is 5.69 Å². The molecule has 0 bridgehead atoms. The fourth-order valence-corrected chi connectivity index (χ4v) is 4.25. The number of nitrogens with zero attached hydrogens (tertiary/aromatic N) is 2. The number of rotatable bonds is 6. The Hall–Kier alpha value is -3.23. The first-order valence-corrected chi connectivity index (χ1v) is 11.2. The van der Waals surface area contributed by atoms with Crippen molar-refractivity contribution in [3.63, 3.8) is 0 Å². The Morgan fingerprint density at radius 1 is 1.15 bits per heavy atom. The average molecular weight is 488 g/mol. The highest BCUT2D eigenvalue weighted by molar-refractivity contribution is 6.31. The second kappa shape index (κ2) is 9.95. The molecule has 34 heavy (non-hydrogen) atoms. The molecule has 0 atom stereocenters. The van der Waals surface area contributed by atoms with Crippen LogP contribution in [0.3, 0.4) is 0 Å². The van der Waals surface area contributed by atoms with Gasteiger partial charge in [-0.25, -0.2) is 8.78 Å². The summed E-state index contributed by atoms with van der Waals surface area (Å²) in [5.74, 6) is -1.24. The van der Waals surface area contributed by atoms with Crippen molar-refractivity contribution in [1.82, 2.24) is 14.8 Å². The number of carbonyl (C=O) groups is 1. The molecule has 0 fully saturated rings. The Morgan fingerprint density at radius 2 is 1.94 bits per heavy atom. The molecule has 1 aliphatic rings. The molecule has 1 amide bonds. The van der Waals surface area contributed by atoms with Gasteiger partial charge in [-0.1, -0.05) is 17.7 Å². The molecule has 0 saturated heterocycles. The quantitative estimate of drug-likeness (QED) is 0.575. The van der Waals surface area contributed by atoms with Crippen molar-refractivity contribution < 1.29 is 18.3 Å². The molecule has 0 spiro atoms. The average Bonchev–Trinajstić information content (AvgIpc) is 2.81. The van der Waals surface area contributed by atoms with Crippen molar-refractivity contribution in [3.8, 4) is 11.4 Å². The highest BCUT2D eigenvalue weighted by atomic mass is 35.5. The third-order valence-electron chi connectivity index (χ3n) is 5.84. The van der Waals surface area contributed by atoms with Gasteiger partial charge in [0.2, 0.25) is 5.91 Å². The van der Waals surface area contributed by atoms with Gasteiger partial charge in [-0.15, -0.1) is 0 Å². The number of ether oxygens (including phenoxy) is 1. The number of aryl methyl sites for hydroxylation is 1. The standard InChI is InChI=1S/C25H24ClF2N3O3/c1-15-9-22(34-14-18-3-5-19(27)11-21(18)28)24(26)25(33)31(15)20-6-4-17-13-30(23(32)12-29-2)8-7-16(17)10-20/h3-6,9-11,29H,7-8,12-14H2,1-2H3. The van der Waals surface area contributed by atoms with Crippen LogP contribution in [0.2, 0.25) is 5.02 Å². The Labute approximate surface area is 200 Å². The lowest BCUT2D eigenvalue weighted by molar-refractivity contribution is -0.131. The van der Waals surface area contributed by atoms with Crippen LogP contribution < -0.4 is 15.6 Å². The number of aromatic nitrogens is 1. The fraction of sp³-hybridized carbons (Fsp3) is 0.280. The number of fused-ring (bicyclic) bond motifs is 1. The zero-order valence-electron chi connectivity index (χ0n) is 18.8. The first-order chi connectivity index (χ1) is 16.3. The summed E-state index contributed by atoms with van der Waals surface area (Å²) in [4.78, 5) is 27.1. The first-order valence-electron chi connectivity index (χ1n) is 10.8. The van der Waals surface area contributed by atoms with Gasteiger partial charge in [0.25, 0.3) is 5.56 Å². The van der Waals surface area contributed by atoms with Crippen molar-refractivity contribution >= 4 is 17.5 Å². The Morgan fingerprint density at radius 3 is 2.68 bits per heavy atom. The molecule has 2 aromatic carbocycles. The van der Waals surface area contributed by atoms with E-state index in [1.807, 2.05) is 23.1 Å². The van der Waals surface area contributed by atoms with E-state index < -0.39 is 17.2 Å². The number of halogens is 3. The number of carbonyl (C=O) groups excluding carboxylic acids is 1. The molecule has 9 heteroatoms. The maximum Gasteiger partial charge on any atom is 0.277 e. The zero-order valence-corrected chi connectivity index (χ0v) is 19.6. The van der Waals surface area contributed by atoms with Crippen LogP contribution >= 0.6 is 11.6 Å². The molecule has 178 valence electrons. The summed E-state index contributed by atoms with van der Waals surface area (Å²) >= 11 is 6.32. The minimum Gasteiger partial charge on any atom is -0.487 e. The van der Waals surface area contributed by atoms with Crippen molar-refractivity contribution in [2.24, 2.45) is 0 Å². The SMILES string of the molecule is CNCC(=O)N1CCc2cc(-n3c(C)cc(OCc4ccc(F)cc4F)c(Cl)c3=O)ccc2C1. The predicted molar refractivity (Wildman–Crippen MR) is 126 cm³/mol. The van der Waals surface area contributed by atoms with E-state index in [0.717, 1.165) is 23.3 Å². The molecular weight excluding hydrogens is 464 g/mol. The van der Waals surface area contributed by atoms with E-state index >= 15 is 0 Å². The minimum atomic E-state index is -0.735. The van der Waals surface area contributed by atoms with Crippen molar-refractivity contribution in [3.05, 3.63) is 91.9 Å². The van der Waals surface area contributed by atoms with E-state index in [-0.39, 0.29) is 28.8 Å². The molecule has 0 aliphatic carbocycles. The van der Waals surface area contributed by atoms with Crippen LogP contribution in [-0.4, -0.2) is 35.5 Å². The second-order valence-electron chi connectivity index (χ2n) is 8.18. The van der Waals surface area contributed by atoms with Crippen LogP contribution in [0.4, 0.5) is 8.78 Å². The molecule has 2 heterocycles. The molecule has 1 N–H and O–H groups in total. The molecule has 1 aliphatic heterocycles. The third-order valence-corrected chi connectivity index (χ3v) is 6.19. The molecule has 3 aromatic rings. The number of hydrogen-bond donors (Lipinski definition) is 1. The van der Waals surface area contributed by atoms with Gasteiger partial charge in [0, 0.05) is 42.2 Å². The van der Waals surface area contributed by atoms with E-state index in [4.69, 9.17) is 16.3 Å². The second-order valence-corrected chi connectivity index (χ2v) is 8.56. The Bertz CT molecular complexity index is 1310. The lowest BCUT2D eigenvalue weighted by atomic mass is 9.98. The summed E-state index contributed by atoms with van der Waals surface area (Å²) in [5, 5.41) is 2.75. The smallest absolute Gasteiger partial charge is 0.277 e. The van der Waals surface area contributed by atoms with Gasteiger partial charge in [0.05, 0.1) is 6.54 Å². The largest absolute Gasteiger partial charge is 0.487 e. The van der Waals surface area contributed by atoms with E-state index in [9.17, 15) is 18.4 Å². The molecule has 1 aromatic heterocycles. The van der Waals surface area contributed by atoms with Gasteiger partial charge in [0.1, 0.15) is 29.0 Å². The van der Waals surface area contributed by atoms with Crippen LogP contribution in [0.1, 0.15) is 22.4 Å². The fourth-order valence-electron chi connectivity index (χ4n) is 4.06. The van der Waals surface area contributed by atoms with E-state index in [1.165, 1.54) is 10.6 Å². The van der Waals surface area contributed by atoms with E-state index in [1.54, 1.807) is 20.0 Å². The Balaban J connectivity index is 1.58. The van der Waals surface area contributed by atoms with Gasteiger partial charge in [-0.3, -0.25) is 14.2 Å². The van der Waals surface area contributed by atoms with Gasteiger partial charge in [0.15, 0.2) is 0 Å². The monoisotopic (exact) mass is 487 g/mol. The summed E-state index contributed by atoms with van der Waals surface area (Å²) < 4.78 is 34.1. The summed E-state index contributed by atoms with van der Waals surface area (Å²) in [6, 6.07) is 10.5. The number of amides is 1. The Kier molecular flexibility index (Phi) is 7.00. The van der Waals surface area contributed by atoms with Gasteiger partial charge >= 0.3 is 0 Å². The topological polar surface area (TPSA) is 63.6 Å². The van der Waals surface area contributed by atoms with Crippen molar-refractivity contribution in [1.29, 1.82) is 0 Å². The molecule has 0 unspecified atom stereocenters. The normalized spacial score (nSPS) is 13.0. The molecule has 6 nitrogen and oxygen atoms in total. The molecule has 0 radical (unpaired) electrons. The number of nitrogens with one attached hydrogen (secondary N) is 1. The molecule has 0 saturated carbocycles. The van der Waals surface area contributed by atoms with Crippen LogP contribution in [0.5, 0.6) is 5.75 Å². The van der Waals surface area contributed by atoms with Crippen molar-refractivity contribution in [2.75, 3.05) is 20.1 Å². The number of hydrogen-bond acceptors (Lipinski definition) is 4. The van der Waals surface area contributed by atoms with Gasteiger partial charge in [-0.2, -0.15) is 0 Å². The molecule has 4 rings (SSSR count). The maximum atomic E-state index is 13.9. The van der Waals surface area contributed by atoms with Crippen LogP contribution in [-0.2, 0) is 24.4 Å². The van der Waals surface area contributed by atoms with E-state index in [2.05, 4.69) is 5.32 Å². The highest BCUT2D eigenvalue weighted by Gasteiger charge is 2.21. The predicted octanol–water partition coefficient (Wildman–Crippen LogP) is 3.76. The lowest BCUT2D eigenvalue weighted by Crippen LogP contribution is -2.40. The summed E-state index contributed by atoms with van der Waals surface area (Å²) in [5.41, 5.74) is 3.05. The van der Waals surface area contributed by atoms with Crippen LogP contribution in [0, 0.1) is 18.6 Å².